The minimum Gasteiger partial charge on any atom is -0.497 e. The van der Waals surface area contributed by atoms with Crippen LogP contribution in [0.3, 0.4) is 0 Å². The zero-order chi connectivity index (χ0) is 22.1. The van der Waals surface area contributed by atoms with Crippen molar-refractivity contribution in [2.75, 3.05) is 26.1 Å². The number of benzene rings is 1. The van der Waals surface area contributed by atoms with Gasteiger partial charge in [0.15, 0.2) is 11.2 Å². The van der Waals surface area contributed by atoms with Crippen LogP contribution in [0.15, 0.2) is 42.5 Å². The van der Waals surface area contributed by atoms with Gasteiger partial charge >= 0.3 is 0 Å². The third-order valence-electron chi connectivity index (χ3n) is 5.64. The number of anilines is 1. The second kappa shape index (κ2) is 8.13. The predicted octanol–water partition coefficient (Wildman–Crippen LogP) is 1.92. The molecule has 164 valence electrons. The van der Waals surface area contributed by atoms with E-state index < -0.39 is 5.60 Å². The zero-order valence-corrected chi connectivity index (χ0v) is 17.6. The number of nitrogens with two attached hydrogens (primary N) is 1. The quantitative estimate of drug-likeness (QED) is 0.484. The van der Waals surface area contributed by atoms with E-state index in [0.717, 1.165) is 11.3 Å². The molecule has 1 aromatic carbocycles. The van der Waals surface area contributed by atoms with Gasteiger partial charge in [0.1, 0.15) is 17.0 Å². The van der Waals surface area contributed by atoms with Crippen molar-refractivity contribution in [3.8, 4) is 17.0 Å². The van der Waals surface area contributed by atoms with Gasteiger partial charge < -0.3 is 20.3 Å². The fraction of sp³-hybridized carbons (Fsp3) is 0.318. The molecule has 32 heavy (non-hydrogen) atoms. The first kappa shape index (κ1) is 20.3. The Hall–Kier alpha value is -3.63. The van der Waals surface area contributed by atoms with E-state index in [9.17, 15) is 5.11 Å². The molecule has 10 nitrogen and oxygen atoms in total. The van der Waals surface area contributed by atoms with Crippen LogP contribution in [0.25, 0.3) is 22.4 Å². The summed E-state index contributed by atoms with van der Waals surface area (Å²) in [7, 11) is 1.61. The summed E-state index contributed by atoms with van der Waals surface area (Å²) in [5.74, 6) is 0.824. The van der Waals surface area contributed by atoms with Crippen LogP contribution in [-0.2, 0) is 16.9 Å². The Morgan fingerprint density at radius 1 is 1.12 bits per heavy atom. The molecule has 4 aromatic rings. The number of hydrogen-bond donors (Lipinski definition) is 2. The van der Waals surface area contributed by atoms with Crippen molar-refractivity contribution in [2.45, 2.75) is 25.0 Å². The third-order valence-corrected chi connectivity index (χ3v) is 5.64. The molecule has 0 amide bonds. The number of rotatable bonds is 5. The number of aliphatic hydroxyl groups is 1. The van der Waals surface area contributed by atoms with Gasteiger partial charge in [-0.2, -0.15) is 4.98 Å². The predicted molar refractivity (Wildman–Crippen MR) is 117 cm³/mol. The van der Waals surface area contributed by atoms with E-state index in [1.165, 1.54) is 0 Å². The van der Waals surface area contributed by atoms with E-state index in [1.54, 1.807) is 11.8 Å². The summed E-state index contributed by atoms with van der Waals surface area (Å²) >= 11 is 0. The smallest absolute Gasteiger partial charge is 0.222 e. The largest absolute Gasteiger partial charge is 0.497 e. The van der Waals surface area contributed by atoms with Crippen LogP contribution in [0.4, 0.5) is 5.95 Å². The van der Waals surface area contributed by atoms with E-state index in [2.05, 4.69) is 20.3 Å². The van der Waals surface area contributed by atoms with Gasteiger partial charge in [0, 0.05) is 31.6 Å². The lowest BCUT2D eigenvalue weighted by Crippen LogP contribution is -2.34. The van der Waals surface area contributed by atoms with Crippen molar-refractivity contribution in [3.05, 3.63) is 53.9 Å². The van der Waals surface area contributed by atoms with Crippen LogP contribution in [0.2, 0.25) is 0 Å². The Morgan fingerprint density at radius 3 is 2.75 bits per heavy atom. The van der Waals surface area contributed by atoms with E-state index in [4.69, 9.17) is 20.2 Å². The average molecular weight is 433 g/mol. The van der Waals surface area contributed by atoms with Crippen LogP contribution in [0.1, 0.15) is 24.2 Å². The number of aromatic nitrogens is 6. The first-order valence-corrected chi connectivity index (χ1v) is 10.3. The van der Waals surface area contributed by atoms with Crippen molar-refractivity contribution in [3.63, 3.8) is 0 Å². The van der Waals surface area contributed by atoms with Gasteiger partial charge in [0.05, 0.1) is 25.0 Å². The molecule has 3 aromatic heterocycles. The topological polar surface area (TPSA) is 134 Å². The molecule has 0 radical (unpaired) electrons. The monoisotopic (exact) mass is 433 g/mol. The number of nitrogens with zero attached hydrogens (tertiary/aromatic N) is 6. The van der Waals surface area contributed by atoms with E-state index in [-0.39, 0.29) is 5.95 Å². The van der Waals surface area contributed by atoms with Crippen LogP contribution in [0, 0.1) is 0 Å². The molecule has 0 aliphatic carbocycles. The highest BCUT2D eigenvalue weighted by Gasteiger charge is 2.33. The van der Waals surface area contributed by atoms with Crippen LogP contribution < -0.4 is 10.5 Å². The van der Waals surface area contributed by atoms with Crippen LogP contribution >= 0.6 is 0 Å². The summed E-state index contributed by atoms with van der Waals surface area (Å²) < 4.78 is 12.3. The molecule has 10 heteroatoms. The Labute approximate surface area is 184 Å². The highest BCUT2D eigenvalue weighted by Crippen LogP contribution is 2.31. The summed E-state index contributed by atoms with van der Waals surface area (Å²) in [6.07, 6.45) is 1.03. The second-order valence-corrected chi connectivity index (χ2v) is 7.74. The Balaban J connectivity index is 1.51. The molecule has 0 bridgehead atoms. The minimum atomic E-state index is -0.981. The average Bonchev–Trinajstić information content (AvgIpc) is 3.21. The normalized spacial score (nSPS) is 15.7. The van der Waals surface area contributed by atoms with Crippen LogP contribution in [0.5, 0.6) is 5.75 Å². The lowest BCUT2D eigenvalue weighted by molar-refractivity contribution is -0.0706. The first-order chi connectivity index (χ1) is 15.6. The molecule has 5 rings (SSSR count). The third kappa shape index (κ3) is 3.74. The Bertz CT molecular complexity index is 1270. The van der Waals surface area contributed by atoms with E-state index >= 15 is 0 Å². The van der Waals surface area contributed by atoms with Gasteiger partial charge in [-0.05, 0) is 24.3 Å². The molecule has 0 atom stereocenters. The highest BCUT2D eigenvalue weighted by atomic mass is 16.5. The van der Waals surface area contributed by atoms with Gasteiger partial charge in [-0.25, -0.2) is 9.67 Å². The maximum atomic E-state index is 11.0. The maximum absolute atomic E-state index is 11.0. The minimum absolute atomic E-state index is 0.122. The fourth-order valence-electron chi connectivity index (χ4n) is 3.90. The number of hydrogen-bond acceptors (Lipinski definition) is 9. The molecule has 3 N–H and O–H groups in total. The molecule has 0 saturated carbocycles. The van der Waals surface area contributed by atoms with Crippen molar-refractivity contribution < 1.29 is 14.6 Å². The van der Waals surface area contributed by atoms with Crippen molar-refractivity contribution in [1.29, 1.82) is 0 Å². The summed E-state index contributed by atoms with van der Waals surface area (Å²) in [6.45, 7) is 1.35. The van der Waals surface area contributed by atoms with E-state index in [0.29, 0.717) is 60.9 Å². The number of ether oxygens (including phenoxy) is 2. The fourth-order valence-corrected chi connectivity index (χ4v) is 3.90. The lowest BCUT2D eigenvalue weighted by Gasteiger charge is -2.31. The van der Waals surface area contributed by atoms with Gasteiger partial charge in [-0.1, -0.05) is 23.4 Å². The molecule has 1 fully saturated rings. The summed E-state index contributed by atoms with van der Waals surface area (Å²) in [5.41, 5.74) is 8.82. The number of methoxy groups -OCH3 is 1. The summed E-state index contributed by atoms with van der Waals surface area (Å²) in [6, 6.07) is 13.1. The lowest BCUT2D eigenvalue weighted by atomic mass is 9.90. The van der Waals surface area contributed by atoms with Gasteiger partial charge in [-0.15, -0.1) is 5.10 Å². The molecule has 4 heterocycles. The zero-order valence-electron chi connectivity index (χ0n) is 17.6. The maximum Gasteiger partial charge on any atom is 0.222 e. The van der Waals surface area contributed by atoms with Gasteiger partial charge in [-0.3, -0.25) is 4.98 Å². The first-order valence-electron chi connectivity index (χ1n) is 10.3. The number of pyridine rings is 1. The molecule has 1 aliphatic heterocycles. The Morgan fingerprint density at radius 2 is 1.94 bits per heavy atom. The van der Waals surface area contributed by atoms with Gasteiger partial charge in [0.2, 0.25) is 5.95 Å². The molecular formula is C22H23N7O3. The molecular weight excluding hydrogens is 410 g/mol. The van der Waals surface area contributed by atoms with Gasteiger partial charge in [0.25, 0.3) is 0 Å². The molecule has 1 aliphatic rings. The highest BCUT2D eigenvalue weighted by molar-refractivity contribution is 5.88. The molecule has 0 spiro atoms. The number of nitrogen functional groups attached to an aromatic ring is 1. The molecule has 1 saturated heterocycles. The molecule has 0 unspecified atom stereocenters. The van der Waals surface area contributed by atoms with Crippen molar-refractivity contribution in [1.82, 2.24) is 29.9 Å². The summed E-state index contributed by atoms with van der Waals surface area (Å²) in [4.78, 5) is 13.4. The Kier molecular flexibility index (Phi) is 5.16. The van der Waals surface area contributed by atoms with E-state index in [1.807, 2.05) is 42.5 Å². The standard InChI is InChI=1S/C22H23N7O3/c1-31-16-6-2-4-14(12-16)18-19-20(26-21(23)25-18)29(28-27-19)13-15-5-3-7-17(24-15)22(30)8-10-32-11-9-22/h2-7,12,30H,8-11,13H2,1H3,(H2,23,25,26). The summed E-state index contributed by atoms with van der Waals surface area (Å²) in [5, 5.41) is 19.6. The van der Waals surface area contributed by atoms with Crippen molar-refractivity contribution in [2.24, 2.45) is 0 Å². The SMILES string of the molecule is COc1cccc(-c2nc(N)nc3c2nnn3Cc2cccc(C3(O)CCOCC3)n2)c1. The van der Waals surface area contributed by atoms with Crippen molar-refractivity contribution >= 4 is 17.1 Å². The van der Waals surface area contributed by atoms with Crippen LogP contribution in [-0.4, -0.2) is 55.4 Å². The number of fused-ring (bicyclic) bond motifs is 1. The second-order valence-electron chi connectivity index (χ2n) is 7.74.